The van der Waals surface area contributed by atoms with Gasteiger partial charge in [-0.25, -0.2) is 4.98 Å². The predicted molar refractivity (Wildman–Crippen MR) is 72.4 cm³/mol. The number of piperidine rings is 1. The Labute approximate surface area is 109 Å². The minimum Gasteiger partial charge on any atom is -0.481 e. The van der Waals surface area contributed by atoms with E-state index in [1.165, 1.54) is 12.0 Å². The summed E-state index contributed by atoms with van der Waals surface area (Å²) in [5.41, 5.74) is 7.07. The second kappa shape index (κ2) is 6.16. The molecule has 18 heavy (non-hydrogen) atoms. The molecule has 1 aliphatic heterocycles. The largest absolute Gasteiger partial charge is 0.481 e. The molecule has 1 aromatic rings. The average molecular weight is 249 g/mol. The maximum absolute atomic E-state index is 5.83. The number of ether oxygens (including phenoxy) is 1. The van der Waals surface area contributed by atoms with Gasteiger partial charge in [0.25, 0.3) is 0 Å². The molecule has 2 atom stereocenters. The summed E-state index contributed by atoms with van der Waals surface area (Å²) < 4.78 is 5.07. The molecule has 0 aliphatic carbocycles. The van der Waals surface area contributed by atoms with Gasteiger partial charge in [-0.1, -0.05) is 13.0 Å². The lowest BCUT2D eigenvalue weighted by atomic mass is 9.87. The highest BCUT2D eigenvalue weighted by Gasteiger charge is 2.24. The van der Waals surface area contributed by atoms with Crippen molar-refractivity contribution in [2.45, 2.75) is 19.9 Å². The molecular formula is C14H23N3O. The van der Waals surface area contributed by atoms with Crippen molar-refractivity contribution in [2.24, 2.45) is 17.6 Å². The SMILES string of the molecule is COc1ccc(CN2CCC(C)C(CN)C2)cn1. The van der Waals surface area contributed by atoms with Crippen molar-refractivity contribution in [3.8, 4) is 5.88 Å². The molecule has 1 aromatic heterocycles. The van der Waals surface area contributed by atoms with Crippen molar-refractivity contribution in [2.75, 3.05) is 26.7 Å². The van der Waals surface area contributed by atoms with Gasteiger partial charge in [-0.2, -0.15) is 0 Å². The summed E-state index contributed by atoms with van der Waals surface area (Å²) in [6, 6.07) is 4.00. The maximum atomic E-state index is 5.83. The smallest absolute Gasteiger partial charge is 0.212 e. The first-order valence-electron chi connectivity index (χ1n) is 6.64. The van der Waals surface area contributed by atoms with Crippen LogP contribution >= 0.6 is 0 Å². The van der Waals surface area contributed by atoms with Crippen molar-refractivity contribution in [1.29, 1.82) is 0 Å². The van der Waals surface area contributed by atoms with Crippen LogP contribution in [0.1, 0.15) is 18.9 Å². The number of hydrogen-bond donors (Lipinski definition) is 1. The summed E-state index contributed by atoms with van der Waals surface area (Å²) in [4.78, 5) is 6.72. The van der Waals surface area contributed by atoms with Crippen LogP contribution in [0.4, 0.5) is 0 Å². The quantitative estimate of drug-likeness (QED) is 0.878. The molecule has 0 radical (unpaired) electrons. The average Bonchev–Trinajstić information content (AvgIpc) is 2.42. The van der Waals surface area contributed by atoms with E-state index in [9.17, 15) is 0 Å². The number of rotatable bonds is 4. The highest BCUT2D eigenvalue weighted by molar-refractivity contribution is 5.17. The van der Waals surface area contributed by atoms with E-state index in [4.69, 9.17) is 10.5 Å². The molecule has 0 bridgehead atoms. The fraction of sp³-hybridized carbons (Fsp3) is 0.643. The predicted octanol–water partition coefficient (Wildman–Crippen LogP) is 1.51. The van der Waals surface area contributed by atoms with Crippen LogP contribution in [0.25, 0.3) is 0 Å². The van der Waals surface area contributed by atoms with E-state index in [0.717, 1.165) is 32.1 Å². The van der Waals surface area contributed by atoms with E-state index in [1.54, 1.807) is 7.11 Å². The van der Waals surface area contributed by atoms with E-state index in [-0.39, 0.29) is 0 Å². The van der Waals surface area contributed by atoms with Crippen LogP contribution in [0.2, 0.25) is 0 Å². The van der Waals surface area contributed by atoms with Gasteiger partial charge in [-0.3, -0.25) is 4.90 Å². The Morgan fingerprint density at radius 2 is 2.33 bits per heavy atom. The Morgan fingerprint density at radius 1 is 1.50 bits per heavy atom. The molecular weight excluding hydrogens is 226 g/mol. The van der Waals surface area contributed by atoms with Crippen molar-refractivity contribution >= 4 is 0 Å². The van der Waals surface area contributed by atoms with Crippen molar-refractivity contribution in [3.63, 3.8) is 0 Å². The van der Waals surface area contributed by atoms with E-state index in [1.807, 2.05) is 12.3 Å². The highest BCUT2D eigenvalue weighted by atomic mass is 16.5. The third kappa shape index (κ3) is 3.21. The van der Waals surface area contributed by atoms with Crippen LogP contribution < -0.4 is 10.5 Å². The molecule has 2 rings (SSSR count). The van der Waals surface area contributed by atoms with Gasteiger partial charge in [-0.05, 0) is 36.9 Å². The van der Waals surface area contributed by atoms with Crippen molar-refractivity contribution in [1.82, 2.24) is 9.88 Å². The first kappa shape index (κ1) is 13.3. The first-order chi connectivity index (χ1) is 8.72. The number of nitrogens with zero attached hydrogens (tertiary/aromatic N) is 2. The lowest BCUT2D eigenvalue weighted by Crippen LogP contribution is -2.42. The first-order valence-corrected chi connectivity index (χ1v) is 6.64. The Morgan fingerprint density at radius 3 is 2.94 bits per heavy atom. The van der Waals surface area contributed by atoms with Gasteiger partial charge < -0.3 is 10.5 Å². The van der Waals surface area contributed by atoms with Crippen LogP contribution in [0.3, 0.4) is 0 Å². The van der Waals surface area contributed by atoms with E-state index in [2.05, 4.69) is 22.9 Å². The summed E-state index contributed by atoms with van der Waals surface area (Å²) in [5, 5.41) is 0. The molecule has 0 saturated carbocycles. The number of nitrogens with two attached hydrogens (primary N) is 1. The lowest BCUT2D eigenvalue weighted by molar-refractivity contribution is 0.126. The molecule has 100 valence electrons. The van der Waals surface area contributed by atoms with Gasteiger partial charge in [-0.15, -0.1) is 0 Å². The minimum atomic E-state index is 0.630. The molecule has 0 amide bonds. The van der Waals surface area contributed by atoms with Gasteiger partial charge in [0.05, 0.1) is 7.11 Å². The summed E-state index contributed by atoms with van der Waals surface area (Å²) in [6.07, 6.45) is 3.14. The van der Waals surface area contributed by atoms with E-state index >= 15 is 0 Å². The van der Waals surface area contributed by atoms with Crippen molar-refractivity contribution in [3.05, 3.63) is 23.9 Å². The number of aromatic nitrogens is 1. The number of hydrogen-bond acceptors (Lipinski definition) is 4. The lowest BCUT2D eigenvalue weighted by Gasteiger charge is -2.36. The number of pyridine rings is 1. The van der Waals surface area contributed by atoms with Gasteiger partial charge in [0, 0.05) is 25.4 Å². The standard InChI is InChI=1S/C14H23N3O/c1-11-5-6-17(10-13(11)7-15)9-12-3-4-14(18-2)16-8-12/h3-4,8,11,13H,5-7,9-10,15H2,1-2H3. The third-order valence-electron chi connectivity index (χ3n) is 3.91. The maximum Gasteiger partial charge on any atom is 0.212 e. The van der Waals surface area contributed by atoms with E-state index in [0.29, 0.717) is 11.8 Å². The van der Waals surface area contributed by atoms with Gasteiger partial charge in [0.1, 0.15) is 0 Å². The Balaban J connectivity index is 1.92. The fourth-order valence-corrected chi connectivity index (χ4v) is 2.56. The third-order valence-corrected chi connectivity index (χ3v) is 3.91. The Hall–Kier alpha value is -1.13. The molecule has 2 N–H and O–H groups in total. The summed E-state index contributed by atoms with van der Waals surface area (Å²) in [7, 11) is 1.64. The zero-order valence-electron chi connectivity index (χ0n) is 11.3. The molecule has 2 heterocycles. The topological polar surface area (TPSA) is 51.4 Å². The van der Waals surface area contributed by atoms with Gasteiger partial charge >= 0.3 is 0 Å². The summed E-state index contributed by atoms with van der Waals surface area (Å²) in [6.45, 7) is 6.32. The highest BCUT2D eigenvalue weighted by Crippen LogP contribution is 2.23. The van der Waals surface area contributed by atoms with Crippen LogP contribution in [-0.4, -0.2) is 36.6 Å². The molecule has 0 aromatic carbocycles. The summed E-state index contributed by atoms with van der Waals surface area (Å²) >= 11 is 0. The number of methoxy groups -OCH3 is 1. The van der Waals surface area contributed by atoms with Crippen molar-refractivity contribution < 1.29 is 4.74 Å². The second-order valence-electron chi connectivity index (χ2n) is 5.21. The van der Waals surface area contributed by atoms with Gasteiger partial charge in [0.2, 0.25) is 5.88 Å². The van der Waals surface area contributed by atoms with E-state index < -0.39 is 0 Å². The molecule has 4 heteroatoms. The van der Waals surface area contributed by atoms with Gasteiger partial charge in [0.15, 0.2) is 0 Å². The molecule has 2 unspecified atom stereocenters. The molecule has 1 saturated heterocycles. The van der Waals surface area contributed by atoms with Crippen LogP contribution in [0.15, 0.2) is 18.3 Å². The monoisotopic (exact) mass is 249 g/mol. The molecule has 1 aliphatic rings. The molecule has 4 nitrogen and oxygen atoms in total. The Bertz CT molecular complexity index is 366. The fourth-order valence-electron chi connectivity index (χ4n) is 2.56. The second-order valence-corrected chi connectivity index (χ2v) is 5.21. The minimum absolute atomic E-state index is 0.630. The summed E-state index contributed by atoms with van der Waals surface area (Å²) in [5.74, 6) is 2.05. The van der Waals surface area contributed by atoms with Crippen LogP contribution in [0, 0.1) is 11.8 Å². The number of likely N-dealkylation sites (tertiary alicyclic amines) is 1. The Kier molecular flexibility index (Phi) is 4.55. The zero-order chi connectivity index (χ0) is 13.0. The van der Waals surface area contributed by atoms with Crippen LogP contribution in [0.5, 0.6) is 5.88 Å². The van der Waals surface area contributed by atoms with Crippen LogP contribution in [-0.2, 0) is 6.54 Å². The zero-order valence-corrected chi connectivity index (χ0v) is 11.3. The normalized spacial score (nSPS) is 25.1. The molecule has 0 spiro atoms. The molecule has 1 fully saturated rings.